The summed E-state index contributed by atoms with van der Waals surface area (Å²) in [6.07, 6.45) is 7.50. The lowest BCUT2D eigenvalue weighted by Gasteiger charge is -2.00. The van der Waals surface area contributed by atoms with E-state index in [9.17, 15) is 0 Å². The van der Waals surface area contributed by atoms with Crippen LogP contribution in [0, 0.1) is 6.92 Å². The Hall–Kier alpha value is -1.33. The number of fused-ring (bicyclic) bond motifs is 1. The third-order valence-corrected chi connectivity index (χ3v) is 5.64. The van der Waals surface area contributed by atoms with Crippen LogP contribution in [0.1, 0.15) is 42.8 Å². The molecular weight excluding hydrogens is 324 g/mol. The molecule has 3 aromatic rings. The molecule has 0 aliphatic rings. The van der Waals surface area contributed by atoms with E-state index < -0.39 is 0 Å². The van der Waals surface area contributed by atoms with E-state index in [2.05, 4.69) is 22.3 Å². The molecule has 2 heterocycles. The van der Waals surface area contributed by atoms with Gasteiger partial charge in [0.05, 0.1) is 5.01 Å². The van der Waals surface area contributed by atoms with Crippen LogP contribution in [0.2, 0.25) is 0 Å². The topological polar surface area (TPSA) is 38.9 Å². The number of hydrogen-bond donors (Lipinski definition) is 0. The number of oxazole rings is 1. The third kappa shape index (κ3) is 5.08. The second-order valence-electron chi connectivity index (χ2n) is 5.70. The third-order valence-electron chi connectivity index (χ3n) is 3.70. The molecule has 0 bridgehead atoms. The second kappa shape index (κ2) is 8.50. The summed E-state index contributed by atoms with van der Waals surface area (Å²) in [5.74, 6) is 1.08. The number of benzene rings is 1. The normalized spacial score (nSPS) is 11.3. The quantitative estimate of drug-likeness (QED) is 0.358. The minimum atomic E-state index is 0.797. The van der Waals surface area contributed by atoms with Gasteiger partial charge in [-0.05, 0) is 38.3 Å². The van der Waals surface area contributed by atoms with Gasteiger partial charge in [-0.2, -0.15) is 0 Å². The highest BCUT2D eigenvalue weighted by molar-refractivity contribution is 7.99. The van der Waals surface area contributed by atoms with Gasteiger partial charge < -0.3 is 4.42 Å². The van der Waals surface area contributed by atoms with E-state index in [1.807, 2.05) is 24.3 Å². The number of unbranched alkanes of at least 4 members (excludes halogenated alkanes) is 4. The molecule has 0 saturated carbocycles. The first-order chi connectivity index (χ1) is 11.3. The molecule has 3 nitrogen and oxygen atoms in total. The molecule has 0 aliphatic heterocycles. The van der Waals surface area contributed by atoms with Crippen molar-refractivity contribution in [2.45, 2.75) is 50.7 Å². The number of nitrogens with zero attached hydrogens (tertiary/aromatic N) is 2. The number of thioether (sulfide) groups is 1. The highest BCUT2D eigenvalue weighted by Gasteiger charge is 2.05. The second-order valence-corrected chi connectivity index (χ2v) is 7.69. The first-order valence-corrected chi connectivity index (χ1v) is 10.1. The lowest BCUT2D eigenvalue weighted by molar-refractivity contribution is 0.489. The van der Waals surface area contributed by atoms with Crippen LogP contribution in [0.3, 0.4) is 0 Å². The smallest absolute Gasteiger partial charge is 0.256 e. The van der Waals surface area contributed by atoms with Crippen molar-refractivity contribution in [3.05, 3.63) is 40.3 Å². The predicted molar refractivity (Wildman–Crippen MR) is 98.4 cm³/mol. The highest BCUT2D eigenvalue weighted by Crippen LogP contribution is 2.24. The first-order valence-electron chi connectivity index (χ1n) is 8.20. The van der Waals surface area contributed by atoms with Gasteiger partial charge >= 0.3 is 0 Å². The summed E-state index contributed by atoms with van der Waals surface area (Å²) < 4.78 is 5.71. The zero-order valence-corrected chi connectivity index (χ0v) is 15.1. The van der Waals surface area contributed by atoms with Crippen LogP contribution in [0.5, 0.6) is 0 Å². The summed E-state index contributed by atoms with van der Waals surface area (Å²) in [7, 11) is 0. The zero-order chi connectivity index (χ0) is 15.9. The van der Waals surface area contributed by atoms with E-state index in [1.54, 1.807) is 23.1 Å². The van der Waals surface area contributed by atoms with Crippen LogP contribution in [0.25, 0.3) is 11.1 Å². The maximum absolute atomic E-state index is 5.71. The summed E-state index contributed by atoms with van der Waals surface area (Å²) in [5.41, 5.74) is 2.99. The molecule has 5 heteroatoms. The van der Waals surface area contributed by atoms with E-state index in [-0.39, 0.29) is 0 Å². The summed E-state index contributed by atoms with van der Waals surface area (Å²) in [6, 6.07) is 7.94. The van der Waals surface area contributed by atoms with Crippen molar-refractivity contribution in [1.82, 2.24) is 9.97 Å². The number of hydrogen-bond acceptors (Lipinski definition) is 5. The molecule has 2 aromatic heterocycles. The number of aryl methyl sites for hydroxylation is 2. The van der Waals surface area contributed by atoms with Gasteiger partial charge in [-0.1, -0.05) is 43.2 Å². The Morgan fingerprint density at radius 1 is 1.04 bits per heavy atom. The molecule has 0 amide bonds. The Morgan fingerprint density at radius 2 is 1.87 bits per heavy atom. The van der Waals surface area contributed by atoms with Gasteiger partial charge in [-0.25, -0.2) is 9.97 Å². The van der Waals surface area contributed by atoms with Crippen molar-refractivity contribution in [3.8, 4) is 0 Å². The Bertz CT molecular complexity index is 702. The molecule has 0 saturated heterocycles. The van der Waals surface area contributed by atoms with E-state index >= 15 is 0 Å². The van der Waals surface area contributed by atoms with E-state index in [0.29, 0.717) is 0 Å². The molecule has 0 N–H and O–H groups in total. The van der Waals surface area contributed by atoms with Crippen LogP contribution in [0.4, 0.5) is 0 Å². The van der Waals surface area contributed by atoms with Crippen molar-refractivity contribution in [2.75, 3.05) is 5.75 Å². The van der Waals surface area contributed by atoms with Crippen LogP contribution in [-0.4, -0.2) is 15.7 Å². The van der Waals surface area contributed by atoms with Gasteiger partial charge in [0.25, 0.3) is 5.22 Å². The van der Waals surface area contributed by atoms with Gasteiger partial charge in [0.1, 0.15) is 5.52 Å². The summed E-state index contributed by atoms with van der Waals surface area (Å²) in [4.78, 5) is 8.99. The first kappa shape index (κ1) is 16.5. The number of para-hydroxylation sites is 2. The van der Waals surface area contributed by atoms with Gasteiger partial charge in [-0.3, -0.25) is 0 Å². The van der Waals surface area contributed by atoms with Crippen molar-refractivity contribution in [1.29, 1.82) is 0 Å². The number of aromatic nitrogens is 2. The van der Waals surface area contributed by atoms with Crippen LogP contribution in [0.15, 0.2) is 39.3 Å². The van der Waals surface area contributed by atoms with Gasteiger partial charge in [0, 0.05) is 16.8 Å². The van der Waals surface area contributed by atoms with E-state index in [4.69, 9.17) is 4.42 Å². The highest BCUT2D eigenvalue weighted by atomic mass is 32.2. The lowest BCUT2D eigenvalue weighted by atomic mass is 10.1. The van der Waals surface area contributed by atoms with E-state index in [1.165, 1.54) is 37.1 Å². The Kier molecular flexibility index (Phi) is 6.11. The van der Waals surface area contributed by atoms with Gasteiger partial charge in [0.2, 0.25) is 0 Å². The predicted octanol–water partition coefficient (Wildman–Crippen LogP) is 5.88. The molecular formula is C18H22N2OS2. The Morgan fingerprint density at radius 3 is 2.70 bits per heavy atom. The summed E-state index contributed by atoms with van der Waals surface area (Å²) in [5, 5.41) is 4.22. The lowest BCUT2D eigenvalue weighted by Crippen LogP contribution is -1.87. The maximum atomic E-state index is 5.71. The molecule has 1 aromatic carbocycles. The van der Waals surface area contributed by atoms with Gasteiger partial charge in [0.15, 0.2) is 5.58 Å². The molecule has 0 spiro atoms. The fourth-order valence-electron chi connectivity index (χ4n) is 2.50. The average Bonchev–Trinajstić information content (AvgIpc) is 3.15. The van der Waals surface area contributed by atoms with Crippen molar-refractivity contribution in [2.24, 2.45) is 0 Å². The molecule has 0 atom stereocenters. The van der Waals surface area contributed by atoms with Crippen LogP contribution < -0.4 is 0 Å². The standard InChI is InChI=1S/C18H22N2OS2/c1-14-13-23-17(19-14)11-5-3-2-4-8-12-22-18-20-15-9-6-7-10-16(15)21-18/h6-7,9-10,13H,2-5,8,11-12H2,1H3. The zero-order valence-electron chi connectivity index (χ0n) is 13.5. The SMILES string of the molecule is Cc1csc(CCCCCCCSc2nc3ccccc3o2)n1. The molecule has 0 radical (unpaired) electrons. The van der Waals surface area contributed by atoms with Crippen LogP contribution in [-0.2, 0) is 6.42 Å². The Balaban J connectivity index is 1.25. The monoisotopic (exact) mass is 346 g/mol. The molecule has 23 heavy (non-hydrogen) atoms. The molecule has 0 fully saturated rings. The van der Waals surface area contributed by atoms with Crippen LogP contribution >= 0.6 is 23.1 Å². The molecule has 3 rings (SSSR count). The van der Waals surface area contributed by atoms with Crippen molar-refractivity contribution in [3.63, 3.8) is 0 Å². The maximum Gasteiger partial charge on any atom is 0.256 e. The number of thiazole rings is 1. The van der Waals surface area contributed by atoms with Crippen molar-refractivity contribution < 1.29 is 4.42 Å². The largest absolute Gasteiger partial charge is 0.431 e. The fourth-order valence-corrected chi connectivity index (χ4v) is 4.15. The summed E-state index contributed by atoms with van der Waals surface area (Å²) >= 11 is 3.51. The van der Waals surface area contributed by atoms with E-state index in [0.717, 1.165) is 34.2 Å². The van der Waals surface area contributed by atoms with Gasteiger partial charge in [-0.15, -0.1) is 11.3 Å². The molecule has 0 unspecified atom stereocenters. The fraction of sp³-hybridized carbons (Fsp3) is 0.444. The molecule has 122 valence electrons. The average molecular weight is 347 g/mol. The Labute approximate surface area is 145 Å². The molecule has 0 aliphatic carbocycles. The minimum Gasteiger partial charge on any atom is -0.431 e. The number of rotatable bonds is 9. The van der Waals surface area contributed by atoms with Crippen molar-refractivity contribution >= 4 is 34.2 Å². The minimum absolute atomic E-state index is 0.797. The summed E-state index contributed by atoms with van der Waals surface area (Å²) in [6.45, 7) is 2.06.